The van der Waals surface area contributed by atoms with Crippen molar-refractivity contribution in [1.29, 1.82) is 0 Å². The molecule has 27 heavy (non-hydrogen) atoms. The number of aryl methyl sites for hydroxylation is 2. The molecule has 2 aromatic rings. The number of hydrogen-bond acceptors (Lipinski definition) is 4. The standard InChI is InChI=1S/C20H26N2O4S/c1-6-19(26-18-11-10-14(2)15(3)12-18)20(23)21-16-8-7-9-17(13-16)22(4)27(5,24)25/h7-13,19H,6H2,1-5H3,(H,21,23)/t19-/m0/s1. The van der Waals surface area contributed by atoms with E-state index in [1.54, 1.807) is 24.3 Å². The third kappa shape index (κ3) is 5.47. The number of nitrogens with one attached hydrogen (secondary N) is 1. The van der Waals surface area contributed by atoms with Crippen LogP contribution in [0, 0.1) is 13.8 Å². The normalized spacial score (nSPS) is 12.3. The number of anilines is 2. The highest BCUT2D eigenvalue weighted by molar-refractivity contribution is 7.92. The van der Waals surface area contributed by atoms with Gasteiger partial charge in [-0.15, -0.1) is 0 Å². The summed E-state index contributed by atoms with van der Waals surface area (Å²) in [5, 5.41) is 2.80. The van der Waals surface area contributed by atoms with E-state index in [1.165, 1.54) is 7.05 Å². The molecule has 0 aromatic heterocycles. The van der Waals surface area contributed by atoms with E-state index in [9.17, 15) is 13.2 Å². The first-order valence-electron chi connectivity index (χ1n) is 8.70. The zero-order valence-electron chi connectivity index (χ0n) is 16.3. The van der Waals surface area contributed by atoms with Crippen LogP contribution >= 0.6 is 0 Å². The smallest absolute Gasteiger partial charge is 0.265 e. The van der Waals surface area contributed by atoms with Crippen LogP contribution in [0.5, 0.6) is 5.75 Å². The Hall–Kier alpha value is -2.54. The third-order valence-electron chi connectivity index (χ3n) is 4.39. The van der Waals surface area contributed by atoms with Crippen molar-refractivity contribution >= 4 is 27.3 Å². The van der Waals surface area contributed by atoms with Gasteiger partial charge in [0.1, 0.15) is 5.75 Å². The van der Waals surface area contributed by atoms with Gasteiger partial charge in [0.2, 0.25) is 10.0 Å². The maximum atomic E-state index is 12.6. The molecule has 0 spiro atoms. The number of nitrogens with zero attached hydrogens (tertiary/aromatic N) is 1. The summed E-state index contributed by atoms with van der Waals surface area (Å²) in [6, 6.07) is 12.4. The van der Waals surface area contributed by atoms with Gasteiger partial charge in [-0.05, 0) is 61.7 Å². The Kier molecular flexibility index (Phi) is 6.49. The van der Waals surface area contributed by atoms with Gasteiger partial charge in [0.25, 0.3) is 5.91 Å². The Morgan fingerprint density at radius 1 is 1.15 bits per heavy atom. The number of rotatable bonds is 7. The first-order chi connectivity index (χ1) is 12.6. The van der Waals surface area contributed by atoms with Crippen LogP contribution in [-0.4, -0.2) is 33.7 Å². The number of sulfonamides is 1. The van der Waals surface area contributed by atoms with Gasteiger partial charge in [0.15, 0.2) is 6.10 Å². The van der Waals surface area contributed by atoms with Crippen LogP contribution in [0.15, 0.2) is 42.5 Å². The summed E-state index contributed by atoms with van der Waals surface area (Å²) < 4.78 is 30.4. The minimum Gasteiger partial charge on any atom is -0.481 e. The lowest BCUT2D eigenvalue weighted by molar-refractivity contribution is -0.122. The maximum Gasteiger partial charge on any atom is 0.265 e. The summed E-state index contributed by atoms with van der Waals surface area (Å²) in [4.78, 5) is 12.6. The molecule has 0 radical (unpaired) electrons. The average Bonchev–Trinajstić information content (AvgIpc) is 2.61. The first-order valence-corrected chi connectivity index (χ1v) is 10.6. The molecule has 0 aliphatic heterocycles. The lowest BCUT2D eigenvalue weighted by atomic mass is 10.1. The van der Waals surface area contributed by atoms with Crippen molar-refractivity contribution in [3.63, 3.8) is 0 Å². The van der Waals surface area contributed by atoms with E-state index >= 15 is 0 Å². The van der Waals surface area contributed by atoms with Gasteiger partial charge in [-0.3, -0.25) is 9.10 Å². The fourth-order valence-corrected chi connectivity index (χ4v) is 2.96. The largest absolute Gasteiger partial charge is 0.481 e. The molecule has 0 unspecified atom stereocenters. The second-order valence-corrected chi connectivity index (χ2v) is 8.54. The van der Waals surface area contributed by atoms with Crippen molar-refractivity contribution in [1.82, 2.24) is 0 Å². The van der Waals surface area contributed by atoms with E-state index < -0.39 is 16.1 Å². The fourth-order valence-electron chi connectivity index (χ4n) is 2.47. The Morgan fingerprint density at radius 3 is 2.44 bits per heavy atom. The number of carbonyl (C=O) groups excluding carboxylic acids is 1. The second-order valence-electron chi connectivity index (χ2n) is 6.53. The van der Waals surface area contributed by atoms with Crippen molar-refractivity contribution in [2.45, 2.75) is 33.3 Å². The molecule has 6 nitrogen and oxygen atoms in total. The topological polar surface area (TPSA) is 75.7 Å². The van der Waals surface area contributed by atoms with Gasteiger partial charge in [-0.25, -0.2) is 8.42 Å². The highest BCUT2D eigenvalue weighted by Gasteiger charge is 2.19. The molecule has 146 valence electrons. The molecule has 0 saturated heterocycles. The number of benzene rings is 2. The summed E-state index contributed by atoms with van der Waals surface area (Å²) in [7, 11) is -1.91. The van der Waals surface area contributed by atoms with Gasteiger partial charge >= 0.3 is 0 Å². The van der Waals surface area contributed by atoms with Crippen LogP contribution in [0.2, 0.25) is 0 Å². The van der Waals surface area contributed by atoms with Crippen molar-refractivity contribution in [3.05, 3.63) is 53.6 Å². The predicted molar refractivity (Wildman–Crippen MR) is 109 cm³/mol. The molecule has 7 heteroatoms. The Morgan fingerprint density at radius 2 is 1.85 bits per heavy atom. The molecule has 1 N–H and O–H groups in total. The van der Waals surface area contributed by atoms with Crippen molar-refractivity contribution in [2.24, 2.45) is 0 Å². The molecular formula is C20H26N2O4S. The van der Waals surface area contributed by atoms with Crippen LogP contribution in [-0.2, 0) is 14.8 Å². The van der Waals surface area contributed by atoms with Crippen molar-refractivity contribution < 1.29 is 17.9 Å². The molecule has 0 aliphatic rings. The van der Waals surface area contributed by atoms with Crippen molar-refractivity contribution in [3.8, 4) is 5.75 Å². The molecule has 0 bridgehead atoms. The Labute approximate surface area is 161 Å². The van der Waals surface area contributed by atoms with E-state index in [-0.39, 0.29) is 5.91 Å². The van der Waals surface area contributed by atoms with E-state index in [0.29, 0.717) is 23.5 Å². The Balaban J connectivity index is 2.13. The van der Waals surface area contributed by atoms with Crippen LogP contribution < -0.4 is 14.4 Å². The zero-order valence-corrected chi connectivity index (χ0v) is 17.1. The highest BCUT2D eigenvalue weighted by atomic mass is 32.2. The van der Waals surface area contributed by atoms with Crippen LogP contribution in [0.4, 0.5) is 11.4 Å². The maximum absolute atomic E-state index is 12.6. The third-order valence-corrected chi connectivity index (χ3v) is 5.60. The van der Waals surface area contributed by atoms with Crippen LogP contribution in [0.25, 0.3) is 0 Å². The summed E-state index contributed by atoms with van der Waals surface area (Å²) in [5.74, 6) is 0.362. The van der Waals surface area contributed by atoms with E-state index in [1.807, 2.05) is 39.0 Å². The lowest BCUT2D eigenvalue weighted by Crippen LogP contribution is -2.32. The first kappa shape index (κ1) is 20.8. The van der Waals surface area contributed by atoms with Gasteiger partial charge < -0.3 is 10.1 Å². The number of ether oxygens (including phenoxy) is 1. The molecule has 1 atom stereocenters. The number of hydrogen-bond donors (Lipinski definition) is 1. The molecule has 0 saturated carbocycles. The molecule has 0 fully saturated rings. The van der Waals surface area contributed by atoms with Crippen LogP contribution in [0.3, 0.4) is 0 Å². The quantitative estimate of drug-likeness (QED) is 0.785. The lowest BCUT2D eigenvalue weighted by Gasteiger charge is -2.20. The fraction of sp³-hybridized carbons (Fsp3) is 0.350. The monoisotopic (exact) mass is 390 g/mol. The van der Waals surface area contributed by atoms with Gasteiger partial charge in [-0.2, -0.15) is 0 Å². The zero-order chi connectivity index (χ0) is 20.2. The van der Waals surface area contributed by atoms with E-state index in [2.05, 4.69) is 5.32 Å². The van der Waals surface area contributed by atoms with Gasteiger partial charge in [-0.1, -0.05) is 19.1 Å². The summed E-state index contributed by atoms with van der Waals surface area (Å²) >= 11 is 0. The molecule has 2 rings (SSSR count). The minimum atomic E-state index is -3.37. The van der Waals surface area contributed by atoms with E-state index in [4.69, 9.17) is 4.74 Å². The molecule has 0 heterocycles. The Bertz CT molecular complexity index is 925. The minimum absolute atomic E-state index is 0.283. The van der Waals surface area contributed by atoms with Crippen LogP contribution in [0.1, 0.15) is 24.5 Å². The molecule has 0 aliphatic carbocycles. The summed E-state index contributed by atoms with van der Waals surface area (Å²) in [5.41, 5.74) is 3.24. The highest BCUT2D eigenvalue weighted by Crippen LogP contribution is 2.22. The average molecular weight is 391 g/mol. The molecule has 2 aromatic carbocycles. The predicted octanol–water partition coefficient (Wildman–Crippen LogP) is 3.50. The molecular weight excluding hydrogens is 364 g/mol. The van der Waals surface area contributed by atoms with Crippen molar-refractivity contribution in [2.75, 3.05) is 22.9 Å². The second kappa shape index (κ2) is 8.43. The number of amides is 1. The number of carbonyl (C=O) groups is 1. The van der Waals surface area contributed by atoms with Gasteiger partial charge in [0.05, 0.1) is 11.9 Å². The summed E-state index contributed by atoms with van der Waals surface area (Å²) in [6.45, 7) is 5.88. The van der Waals surface area contributed by atoms with Gasteiger partial charge in [0, 0.05) is 12.7 Å². The molecule has 1 amide bonds. The van der Waals surface area contributed by atoms with E-state index in [0.717, 1.165) is 21.7 Å². The summed E-state index contributed by atoms with van der Waals surface area (Å²) in [6.07, 6.45) is 0.980. The SMILES string of the molecule is CC[C@H](Oc1ccc(C)c(C)c1)C(=O)Nc1cccc(N(C)S(C)(=O)=O)c1.